The van der Waals surface area contributed by atoms with Crippen LogP contribution in [0, 0.1) is 0 Å². The van der Waals surface area contributed by atoms with Gasteiger partial charge in [-0.25, -0.2) is 14.8 Å². The summed E-state index contributed by atoms with van der Waals surface area (Å²) in [5, 5.41) is 1.13. The monoisotopic (exact) mass is 422 g/mol. The Hall–Kier alpha value is -2.51. The first-order valence-electron chi connectivity index (χ1n) is 10.7. The minimum atomic E-state index is -0.419. The molecule has 0 saturated carbocycles. The lowest BCUT2D eigenvalue weighted by Gasteiger charge is -2.32. The van der Waals surface area contributed by atoms with Crippen molar-refractivity contribution in [1.82, 2.24) is 14.9 Å². The average molecular weight is 423 g/mol. The van der Waals surface area contributed by atoms with Gasteiger partial charge in [-0.3, -0.25) is 4.90 Å². The molecule has 5 rings (SSSR count). The third-order valence-electron chi connectivity index (χ3n) is 6.21. The zero-order chi connectivity index (χ0) is 20.5. The topological polar surface area (TPSA) is 58.6 Å². The summed E-state index contributed by atoms with van der Waals surface area (Å²) in [6.07, 6.45) is 7.03. The third-order valence-corrected chi connectivity index (χ3v) is 7.29. The molecule has 2 aromatic heterocycles. The van der Waals surface area contributed by atoms with Crippen LogP contribution in [0.4, 0.5) is 5.13 Å². The zero-order valence-electron chi connectivity index (χ0n) is 17.2. The lowest BCUT2D eigenvalue weighted by molar-refractivity contribution is 0.0594. The number of pyridine rings is 1. The summed E-state index contributed by atoms with van der Waals surface area (Å²) in [5.74, 6) is -0.419. The number of anilines is 1. The zero-order valence-corrected chi connectivity index (χ0v) is 18.0. The molecule has 0 aliphatic carbocycles. The number of hydrogen-bond donors (Lipinski definition) is 0. The molecule has 3 aromatic rings. The van der Waals surface area contributed by atoms with Gasteiger partial charge in [0.1, 0.15) is 5.69 Å². The fraction of sp³-hybridized carbons (Fsp3) is 0.435. The summed E-state index contributed by atoms with van der Waals surface area (Å²) in [6, 6.07) is 10.6. The van der Waals surface area contributed by atoms with E-state index in [9.17, 15) is 4.79 Å². The quantitative estimate of drug-likeness (QED) is 0.587. The molecule has 0 amide bonds. The number of fused-ring (bicyclic) bond motifs is 1. The van der Waals surface area contributed by atoms with Gasteiger partial charge in [0.05, 0.1) is 17.3 Å². The number of ether oxygens (including phenoxy) is 1. The summed E-state index contributed by atoms with van der Waals surface area (Å²) in [6.45, 7) is 4.69. The number of hydrogen-bond acceptors (Lipinski definition) is 7. The number of benzene rings is 1. The van der Waals surface area contributed by atoms with Crippen molar-refractivity contribution >= 4 is 32.7 Å². The number of piperidine rings is 1. The van der Waals surface area contributed by atoms with Gasteiger partial charge in [0.2, 0.25) is 0 Å². The van der Waals surface area contributed by atoms with E-state index in [-0.39, 0.29) is 0 Å². The van der Waals surface area contributed by atoms with E-state index in [4.69, 9.17) is 9.72 Å². The van der Waals surface area contributed by atoms with Crippen molar-refractivity contribution in [2.45, 2.75) is 31.7 Å². The van der Waals surface area contributed by atoms with Crippen molar-refractivity contribution in [2.24, 2.45) is 0 Å². The van der Waals surface area contributed by atoms with Gasteiger partial charge in [-0.2, -0.15) is 0 Å². The number of carbonyl (C=O) groups is 1. The van der Waals surface area contributed by atoms with Gasteiger partial charge in [-0.05, 0) is 56.1 Å². The number of thiazole rings is 1. The largest absolute Gasteiger partial charge is 0.464 e. The number of likely N-dealkylation sites (tertiary alicyclic amines) is 1. The summed E-state index contributed by atoms with van der Waals surface area (Å²) in [4.78, 5) is 25.9. The highest BCUT2D eigenvalue weighted by molar-refractivity contribution is 7.22. The molecule has 0 N–H and O–H groups in total. The predicted octanol–water partition coefficient (Wildman–Crippen LogP) is 4.21. The standard InChI is InChI=1S/C23H26N4O2S/c1-29-22(28)20-8-6-17(14-24-20)16-5-7-19-21(13-16)30-23(25-19)27-12-9-18(15-27)26-10-3-2-4-11-26/h5-8,13-14,18H,2-4,9-12,15H2,1H3. The Morgan fingerprint density at radius 1 is 1.10 bits per heavy atom. The van der Waals surface area contributed by atoms with Crippen LogP contribution >= 0.6 is 11.3 Å². The summed E-state index contributed by atoms with van der Waals surface area (Å²) < 4.78 is 5.90. The average Bonchev–Trinajstić information content (AvgIpc) is 3.46. The lowest BCUT2D eigenvalue weighted by atomic mass is 10.1. The molecule has 6 nitrogen and oxygen atoms in total. The number of nitrogens with zero attached hydrogens (tertiary/aromatic N) is 4. The second-order valence-electron chi connectivity index (χ2n) is 8.09. The highest BCUT2D eigenvalue weighted by Crippen LogP contribution is 2.34. The van der Waals surface area contributed by atoms with Crippen LogP contribution in [0.25, 0.3) is 21.3 Å². The van der Waals surface area contributed by atoms with Crippen molar-refractivity contribution in [3.05, 3.63) is 42.2 Å². The number of rotatable bonds is 4. The second kappa shape index (κ2) is 8.32. The molecule has 1 atom stereocenters. The molecule has 1 unspecified atom stereocenters. The van der Waals surface area contributed by atoms with Crippen LogP contribution in [0.15, 0.2) is 36.5 Å². The summed E-state index contributed by atoms with van der Waals surface area (Å²) in [7, 11) is 1.36. The second-order valence-corrected chi connectivity index (χ2v) is 9.10. The molecule has 2 fully saturated rings. The number of esters is 1. The number of carbonyl (C=O) groups excluding carboxylic acids is 1. The number of aromatic nitrogens is 2. The van der Waals surface area contributed by atoms with Gasteiger partial charge >= 0.3 is 5.97 Å². The molecule has 0 spiro atoms. The van der Waals surface area contributed by atoms with Crippen LogP contribution < -0.4 is 4.90 Å². The first-order chi connectivity index (χ1) is 14.7. The van der Waals surface area contributed by atoms with E-state index in [1.165, 1.54) is 50.6 Å². The van der Waals surface area contributed by atoms with E-state index in [1.807, 2.05) is 6.07 Å². The van der Waals surface area contributed by atoms with E-state index < -0.39 is 5.97 Å². The van der Waals surface area contributed by atoms with Crippen LogP contribution in [0.2, 0.25) is 0 Å². The SMILES string of the molecule is COC(=O)c1ccc(-c2ccc3nc(N4CCC(N5CCCCC5)C4)sc3c2)cn1. The van der Waals surface area contributed by atoms with Crippen molar-refractivity contribution in [3.63, 3.8) is 0 Å². The summed E-state index contributed by atoms with van der Waals surface area (Å²) >= 11 is 1.77. The Balaban J connectivity index is 1.33. The van der Waals surface area contributed by atoms with Crippen LogP contribution in [-0.2, 0) is 4.74 Å². The maximum Gasteiger partial charge on any atom is 0.356 e. The fourth-order valence-electron chi connectivity index (χ4n) is 4.51. The Morgan fingerprint density at radius 3 is 2.70 bits per heavy atom. The van der Waals surface area contributed by atoms with Gasteiger partial charge in [0.15, 0.2) is 5.13 Å². The van der Waals surface area contributed by atoms with E-state index >= 15 is 0 Å². The van der Waals surface area contributed by atoms with E-state index in [1.54, 1.807) is 23.6 Å². The van der Waals surface area contributed by atoms with Crippen LogP contribution in [0.3, 0.4) is 0 Å². The molecule has 0 radical (unpaired) electrons. The van der Waals surface area contributed by atoms with Gasteiger partial charge in [-0.1, -0.05) is 29.9 Å². The molecule has 7 heteroatoms. The first-order valence-corrected chi connectivity index (χ1v) is 11.5. The van der Waals surface area contributed by atoms with Gasteiger partial charge in [-0.15, -0.1) is 0 Å². The van der Waals surface area contributed by atoms with Gasteiger partial charge < -0.3 is 9.64 Å². The molecule has 2 aliphatic heterocycles. The van der Waals surface area contributed by atoms with Crippen molar-refractivity contribution in [3.8, 4) is 11.1 Å². The molecule has 156 valence electrons. The Labute approximate surface area is 180 Å². The molecule has 0 bridgehead atoms. The minimum absolute atomic E-state index is 0.319. The molecule has 2 saturated heterocycles. The Kier molecular flexibility index (Phi) is 5.39. The van der Waals surface area contributed by atoms with E-state index in [2.05, 4.69) is 33.0 Å². The molecule has 4 heterocycles. The Morgan fingerprint density at radius 2 is 1.93 bits per heavy atom. The fourth-order valence-corrected chi connectivity index (χ4v) is 5.55. The first kappa shape index (κ1) is 19.5. The molecular formula is C23H26N4O2S. The predicted molar refractivity (Wildman–Crippen MR) is 120 cm³/mol. The molecule has 30 heavy (non-hydrogen) atoms. The maximum atomic E-state index is 11.6. The number of methoxy groups -OCH3 is 1. The smallest absolute Gasteiger partial charge is 0.356 e. The highest BCUT2D eigenvalue weighted by Gasteiger charge is 2.29. The Bertz CT molecular complexity index is 1040. The van der Waals surface area contributed by atoms with Crippen LogP contribution in [0.5, 0.6) is 0 Å². The maximum absolute atomic E-state index is 11.6. The van der Waals surface area contributed by atoms with Crippen LogP contribution in [-0.4, -0.2) is 60.2 Å². The normalized spacial score (nSPS) is 20.0. The lowest BCUT2D eigenvalue weighted by Crippen LogP contribution is -2.40. The third kappa shape index (κ3) is 3.79. The summed E-state index contributed by atoms with van der Waals surface area (Å²) in [5.41, 5.74) is 3.42. The van der Waals surface area contributed by atoms with E-state index in [0.717, 1.165) is 34.9 Å². The molecule has 2 aliphatic rings. The van der Waals surface area contributed by atoms with Gasteiger partial charge in [0, 0.05) is 30.9 Å². The van der Waals surface area contributed by atoms with Crippen molar-refractivity contribution < 1.29 is 9.53 Å². The highest BCUT2D eigenvalue weighted by atomic mass is 32.1. The van der Waals surface area contributed by atoms with Crippen molar-refractivity contribution in [1.29, 1.82) is 0 Å². The minimum Gasteiger partial charge on any atom is -0.464 e. The van der Waals surface area contributed by atoms with Crippen LogP contribution in [0.1, 0.15) is 36.2 Å². The van der Waals surface area contributed by atoms with E-state index in [0.29, 0.717) is 11.7 Å². The van der Waals surface area contributed by atoms with Gasteiger partial charge in [0.25, 0.3) is 0 Å². The molecular weight excluding hydrogens is 396 g/mol. The molecule has 1 aromatic carbocycles. The van der Waals surface area contributed by atoms with Crippen molar-refractivity contribution in [2.75, 3.05) is 38.2 Å².